The second kappa shape index (κ2) is 12.1. The minimum Gasteiger partial charge on any atom is -0.508 e. The van der Waals surface area contributed by atoms with E-state index < -0.39 is 5.97 Å². The number of nitrogens with zero attached hydrogens (tertiary/aromatic N) is 2. The van der Waals surface area contributed by atoms with Crippen LogP contribution in [0.4, 0.5) is 0 Å². The third-order valence-corrected chi connectivity index (χ3v) is 5.04. The van der Waals surface area contributed by atoms with Crippen molar-refractivity contribution in [1.29, 1.82) is 0 Å². The van der Waals surface area contributed by atoms with Gasteiger partial charge in [-0.3, -0.25) is 4.84 Å². The van der Waals surface area contributed by atoms with Crippen molar-refractivity contribution in [2.75, 3.05) is 26.5 Å². The summed E-state index contributed by atoms with van der Waals surface area (Å²) >= 11 is 0. The van der Waals surface area contributed by atoms with Gasteiger partial charge in [0.2, 0.25) is 6.79 Å². The SMILES string of the molecule is O=C1OCC/C=C/CC/C=C/C(=N/OCON2CCCCC2)Cc2cc(O)cc(O)c21. The van der Waals surface area contributed by atoms with Gasteiger partial charge in [0.05, 0.1) is 12.3 Å². The molecule has 31 heavy (non-hydrogen) atoms. The zero-order valence-electron chi connectivity index (χ0n) is 17.7. The molecule has 0 aromatic heterocycles. The standard InChI is InChI=1S/C23H30N2O6/c26-20-15-18-14-19(24-30-17-31-25-11-7-5-8-12-25)10-6-3-1-2-4-9-13-29-23(28)22(18)21(27)16-20/h2,4,6,10,15-16,26-27H,1,3,5,7-9,11-14,17H2/b4-2+,10-6+,24-19-. The number of benzene rings is 1. The van der Waals surface area contributed by atoms with E-state index in [4.69, 9.17) is 14.4 Å². The van der Waals surface area contributed by atoms with Crippen LogP contribution < -0.4 is 0 Å². The first-order chi connectivity index (χ1) is 15.1. The van der Waals surface area contributed by atoms with Gasteiger partial charge in [-0.1, -0.05) is 29.8 Å². The number of hydrogen-bond donors (Lipinski definition) is 2. The minimum absolute atomic E-state index is 0.0136. The van der Waals surface area contributed by atoms with Gasteiger partial charge in [0.25, 0.3) is 0 Å². The number of hydrogen-bond acceptors (Lipinski definition) is 8. The normalized spacial score (nSPS) is 22.2. The number of hydroxylamine groups is 2. The number of fused-ring (bicyclic) bond motifs is 1. The Labute approximate surface area is 182 Å². The van der Waals surface area contributed by atoms with Gasteiger partial charge in [0, 0.05) is 25.6 Å². The first-order valence-electron chi connectivity index (χ1n) is 10.7. The van der Waals surface area contributed by atoms with Crippen molar-refractivity contribution in [3.63, 3.8) is 0 Å². The number of allylic oxidation sites excluding steroid dienone is 3. The fourth-order valence-electron chi connectivity index (χ4n) is 3.50. The van der Waals surface area contributed by atoms with Gasteiger partial charge >= 0.3 is 5.97 Å². The maximum Gasteiger partial charge on any atom is 0.342 e. The number of ether oxygens (including phenoxy) is 1. The summed E-state index contributed by atoms with van der Waals surface area (Å²) in [5, 5.41) is 26.2. The molecule has 2 aliphatic rings. The molecule has 1 fully saturated rings. The Morgan fingerprint density at radius 1 is 1.03 bits per heavy atom. The topological polar surface area (TPSA) is 101 Å². The Kier molecular flexibility index (Phi) is 8.93. The lowest BCUT2D eigenvalue weighted by atomic mass is 10.00. The van der Waals surface area contributed by atoms with Crippen molar-refractivity contribution in [1.82, 2.24) is 5.06 Å². The Morgan fingerprint density at radius 3 is 2.65 bits per heavy atom. The number of phenols is 2. The van der Waals surface area contributed by atoms with Gasteiger partial charge in [-0.15, -0.1) is 0 Å². The van der Waals surface area contributed by atoms with E-state index in [1.807, 2.05) is 29.4 Å². The summed E-state index contributed by atoms with van der Waals surface area (Å²) in [6, 6.07) is 2.55. The van der Waals surface area contributed by atoms with E-state index in [2.05, 4.69) is 5.16 Å². The summed E-state index contributed by atoms with van der Waals surface area (Å²) in [7, 11) is 0. The summed E-state index contributed by atoms with van der Waals surface area (Å²) < 4.78 is 5.29. The lowest BCUT2D eigenvalue weighted by molar-refractivity contribution is -0.230. The highest BCUT2D eigenvalue weighted by Crippen LogP contribution is 2.29. The third kappa shape index (κ3) is 7.41. The van der Waals surface area contributed by atoms with Crippen molar-refractivity contribution in [2.45, 2.75) is 44.9 Å². The molecular formula is C23H30N2O6. The highest BCUT2D eigenvalue weighted by molar-refractivity contribution is 6.00. The van der Waals surface area contributed by atoms with Crippen LogP contribution in [0.2, 0.25) is 0 Å². The number of piperidine rings is 1. The van der Waals surface area contributed by atoms with Gasteiger partial charge in [0.1, 0.15) is 17.1 Å². The van der Waals surface area contributed by atoms with Crippen molar-refractivity contribution >= 4 is 11.7 Å². The molecule has 2 N–H and O–H groups in total. The van der Waals surface area contributed by atoms with Gasteiger partial charge < -0.3 is 19.8 Å². The molecule has 0 unspecified atom stereocenters. The Balaban J connectivity index is 1.77. The van der Waals surface area contributed by atoms with Crippen LogP contribution in [0.5, 0.6) is 11.5 Å². The van der Waals surface area contributed by atoms with Crippen LogP contribution in [-0.2, 0) is 20.8 Å². The molecule has 3 rings (SSSR count). The summed E-state index contributed by atoms with van der Waals surface area (Å²) in [4.78, 5) is 23.5. The van der Waals surface area contributed by atoms with Crippen LogP contribution >= 0.6 is 0 Å². The van der Waals surface area contributed by atoms with Crippen LogP contribution in [-0.4, -0.2) is 53.4 Å². The second-order valence-corrected chi connectivity index (χ2v) is 7.50. The summed E-state index contributed by atoms with van der Waals surface area (Å²) in [5.41, 5.74) is 0.950. The van der Waals surface area contributed by atoms with Crippen LogP contribution in [0.25, 0.3) is 0 Å². The molecule has 0 amide bonds. The van der Waals surface area contributed by atoms with E-state index >= 15 is 0 Å². The monoisotopic (exact) mass is 430 g/mol. The molecular weight excluding hydrogens is 400 g/mol. The Hall–Kier alpha value is -2.84. The minimum atomic E-state index is -0.643. The highest BCUT2D eigenvalue weighted by atomic mass is 16.8. The second-order valence-electron chi connectivity index (χ2n) is 7.50. The number of aromatic hydroxyl groups is 2. The molecule has 168 valence electrons. The molecule has 8 heteroatoms. The van der Waals surface area contributed by atoms with E-state index in [9.17, 15) is 15.0 Å². The molecule has 1 aromatic rings. The van der Waals surface area contributed by atoms with Crippen molar-refractivity contribution in [3.05, 3.63) is 47.6 Å². The predicted molar refractivity (Wildman–Crippen MR) is 116 cm³/mol. The quantitative estimate of drug-likeness (QED) is 0.246. The predicted octanol–water partition coefficient (Wildman–Crippen LogP) is 3.84. The Morgan fingerprint density at radius 2 is 1.81 bits per heavy atom. The average molecular weight is 431 g/mol. The van der Waals surface area contributed by atoms with Crippen LogP contribution in [0.1, 0.15) is 54.4 Å². The number of phenolic OH excluding ortho intramolecular Hbond substituents is 2. The van der Waals surface area contributed by atoms with Gasteiger partial charge in [-0.2, -0.15) is 5.06 Å². The molecule has 0 spiro atoms. The lowest BCUT2D eigenvalue weighted by Gasteiger charge is -2.24. The van der Waals surface area contributed by atoms with E-state index in [0.29, 0.717) is 17.7 Å². The fraction of sp³-hybridized carbons (Fsp3) is 0.478. The number of esters is 1. The number of carbonyl (C=O) groups excluding carboxylic acids is 1. The van der Waals surface area contributed by atoms with Crippen molar-refractivity contribution in [3.8, 4) is 11.5 Å². The van der Waals surface area contributed by atoms with Crippen LogP contribution in [0.3, 0.4) is 0 Å². The zero-order valence-corrected chi connectivity index (χ0v) is 17.7. The van der Waals surface area contributed by atoms with Gasteiger partial charge in [-0.05, 0) is 49.8 Å². The largest absolute Gasteiger partial charge is 0.508 e. The molecule has 0 radical (unpaired) electrons. The summed E-state index contributed by atoms with van der Waals surface area (Å²) in [6.07, 6.45) is 13.6. The maximum atomic E-state index is 12.5. The molecule has 2 aliphatic heterocycles. The maximum absolute atomic E-state index is 12.5. The van der Waals surface area contributed by atoms with Gasteiger partial charge in [-0.25, -0.2) is 4.79 Å². The van der Waals surface area contributed by atoms with E-state index in [1.165, 1.54) is 12.5 Å². The first kappa shape index (κ1) is 22.8. The molecule has 2 heterocycles. The third-order valence-electron chi connectivity index (χ3n) is 5.04. The van der Waals surface area contributed by atoms with E-state index in [1.54, 1.807) is 0 Å². The smallest absolute Gasteiger partial charge is 0.342 e. The molecule has 0 atom stereocenters. The van der Waals surface area contributed by atoms with Crippen molar-refractivity contribution < 1.29 is 29.4 Å². The van der Waals surface area contributed by atoms with Gasteiger partial charge in [0.15, 0.2) is 0 Å². The Bertz CT molecular complexity index is 828. The zero-order chi connectivity index (χ0) is 21.9. The number of carbonyl (C=O) groups is 1. The number of rotatable bonds is 4. The average Bonchev–Trinajstić information content (AvgIpc) is 2.75. The fourth-order valence-corrected chi connectivity index (χ4v) is 3.50. The number of oxime groups is 1. The van der Waals surface area contributed by atoms with Crippen molar-refractivity contribution in [2.24, 2.45) is 5.16 Å². The molecule has 1 aromatic carbocycles. The van der Waals surface area contributed by atoms with Crippen LogP contribution in [0.15, 0.2) is 41.6 Å². The summed E-state index contributed by atoms with van der Waals surface area (Å²) in [6.45, 7) is 1.95. The first-order valence-corrected chi connectivity index (χ1v) is 10.7. The molecule has 1 saturated heterocycles. The number of cyclic esters (lactones) is 1. The van der Waals surface area contributed by atoms with E-state index in [0.717, 1.165) is 44.8 Å². The lowest BCUT2D eigenvalue weighted by Crippen LogP contribution is -2.30. The van der Waals surface area contributed by atoms with Crippen LogP contribution in [0, 0.1) is 0 Å². The molecule has 0 aliphatic carbocycles. The molecule has 0 bridgehead atoms. The highest BCUT2D eigenvalue weighted by Gasteiger charge is 2.20. The van der Waals surface area contributed by atoms with E-state index in [-0.39, 0.29) is 36.9 Å². The summed E-state index contributed by atoms with van der Waals surface area (Å²) in [5.74, 6) is -1.12. The molecule has 8 nitrogen and oxygen atoms in total. The molecule has 0 saturated carbocycles.